The Balaban J connectivity index is 0.000000181. The summed E-state index contributed by atoms with van der Waals surface area (Å²) in [5, 5.41) is 38.3. The predicted octanol–water partition coefficient (Wildman–Crippen LogP) is -3.36. The zero-order valence-corrected chi connectivity index (χ0v) is 31.9. The number of aryl methyl sites for hydroxylation is 2. The number of aromatic amines is 2. The monoisotopic (exact) mass is 826 g/mol. The predicted molar refractivity (Wildman–Crippen MR) is 209 cm³/mol. The van der Waals surface area contributed by atoms with Crippen molar-refractivity contribution in [3.63, 3.8) is 0 Å². The number of nitrogens with one attached hydrogen (secondary N) is 2. The summed E-state index contributed by atoms with van der Waals surface area (Å²) >= 11 is 0. The number of hydrogen-bond acceptors (Lipinski definition) is 18. The van der Waals surface area contributed by atoms with Crippen molar-refractivity contribution in [1.29, 1.82) is 0 Å². The van der Waals surface area contributed by atoms with Crippen LogP contribution in [0.1, 0.15) is 61.9 Å². The summed E-state index contributed by atoms with van der Waals surface area (Å²) < 4.78 is 16.7. The molecule has 24 heteroatoms. The molecule has 6 atom stereocenters. The van der Waals surface area contributed by atoms with Gasteiger partial charge in [-0.05, 0) is 25.7 Å². The molecule has 24 nitrogen and oxygen atoms in total. The molecule has 10 N–H and O–H groups in total. The van der Waals surface area contributed by atoms with Crippen molar-refractivity contribution in [2.75, 3.05) is 24.7 Å². The van der Waals surface area contributed by atoms with Gasteiger partial charge in [-0.3, -0.25) is 28.7 Å². The first-order valence-corrected chi connectivity index (χ1v) is 18.4. The van der Waals surface area contributed by atoms with Crippen LogP contribution in [0.2, 0.25) is 0 Å². The number of ether oxygens (including phenoxy) is 2. The Morgan fingerprint density at radius 1 is 0.683 bits per heavy atom. The van der Waals surface area contributed by atoms with Gasteiger partial charge in [-0.15, -0.1) is 0 Å². The van der Waals surface area contributed by atoms with E-state index in [1.165, 1.54) is 25.0 Å². The van der Waals surface area contributed by atoms with Crippen LogP contribution in [0.5, 0.6) is 0 Å². The first-order valence-electron chi connectivity index (χ1n) is 18.4. The molecule has 0 spiro atoms. The quantitative estimate of drug-likeness (QED) is 0.0760. The molecule has 0 saturated carbocycles. The number of nitrogens with zero attached hydrogens (tertiary/aromatic N) is 10. The normalized spacial score (nSPS) is 21.0. The molecule has 60 heavy (non-hydrogen) atoms. The number of anilines is 2. The maximum absolute atomic E-state index is 12.2. The fourth-order valence-corrected chi connectivity index (χ4v) is 6.62. The van der Waals surface area contributed by atoms with E-state index in [-0.39, 0.29) is 48.8 Å². The van der Waals surface area contributed by atoms with Crippen molar-refractivity contribution in [2.24, 2.45) is 0 Å². The molecule has 0 bridgehead atoms. The van der Waals surface area contributed by atoms with Crippen molar-refractivity contribution in [3.05, 3.63) is 89.5 Å². The lowest BCUT2D eigenvalue weighted by Gasteiger charge is -2.14. The maximum atomic E-state index is 12.2. The van der Waals surface area contributed by atoms with E-state index in [9.17, 15) is 39.6 Å². The third-order valence-electron chi connectivity index (χ3n) is 9.70. The molecule has 8 heterocycles. The average Bonchev–Trinajstić information content (AvgIpc) is 4.00. The molecule has 0 amide bonds. The summed E-state index contributed by atoms with van der Waals surface area (Å²) in [6.07, 6.45) is 0.234. The molecule has 6 aromatic rings. The Kier molecular flexibility index (Phi) is 11.7. The molecule has 2 saturated heterocycles. The molecule has 6 aromatic heterocycles. The summed E-state index contributed by atoms with van der Waals surface area (Å²) in [7, 11) is 0. The molecule has 0 radical (unpaired) electrons. The van der Waals surface area contributed by atoms with Gasteiger partial charge in [-0.1, -0.05) is 11.8 Å². The molecule has 312 valence electrons. The molecule has 0 aliphatic carbocycles. The van der Waals surface area contributed by atoms with Gasteiger partial charge in [-0.25, -0.2) is 39.5 Å². The summed E-state index contributed by atoms with van der Waals surface area (Å²) in [5.41, 5.74) is 10.8. The van der Waals surface area contributed by atoms with E-state index in [0.717, 1.165) is 9.13 Å². The van der Waals surface area contributed by atoms with Gasteiger partial charge < -0.3 is 50.5 Å². The minimum atomic E-state index is -0.926. The number of nitrogen functional groups attached to an aromatic ring is 2. The lowest BCUT2D eigenvalue weighted by Crippen LogP contribution is -2.33. The van der Waals surface area contributed by atoms with Gasteiger partial charge in [0.25, 0.3) is 11.1 Å². The van der Waals surface area contributed by atoms with Crippen molar-refractivity contribution < 1.29 is 29.9 Å². The van der Waals surface area contributed by atoms with Crippen molar-refractivity contribution in [1.82, 2.24) is 58.1 Å². The van der Waals surface area contributed by atoms with Crippen LogP contribution < -0.4 is 34.0 Å². The Morgan fingerprint density at radius 3 is 1.43 bits per heavy atom. The van der Waals surface area contributed by atoms with Gasteiger partial charge in [0.05, 0.1) is 25.4 Å². The fraction of sp³-hybridized carbons (Fsp3) is 0.389. The van der Waals surface area contributed by atoms with Gasteiger partial charge in [0.2, 0.25) is 0 Å². The summed E-state index contributed by atoms with van der Waals surface area (Å²) in [4.78, 5) is 78.1. The van der Waals surface area contributed by atoms with Gasteiger partial charge in [-0.2, -0.15) is 0 Å². The Labute approximate surface area is 336 Å². The zero-order chi connectivity index (χ0) is 42.8. The van der Waals surface area contributed by atoms with Crippen LogP contribution >= 0.6 is 0 Å². The molecule has 2 aliphatic rings. The topological polar surface area (TPSA) is 348 Å². The van der Waals surface area contributed by atoms with Gasteiger partial charge in [0.15, 0.2) is 45.6 Å². The van der Waals surface area contributed by atoms with E-state index in [4.69, 9.17) is 20.9 Å². The molecular formula is C36H38N14O10. The smallest absolute Gasteiger partial charge is 0.330 e. The molecule has 0 aromatic carbocycles. The highest BCUT2D eigenvalue weighted by Gasteiger charge is 2.36. The number of nitrogens with two attached hydrogens (primary N) is 2. The fourth-order valence-electron chi connectivity index (χ4n) is 6.62. The number of aliphatic hydroxyl groups is 4. The highest BCUT2D eigenvalue weighted by atomic mass is 16.5. The first-order chi connectivity index (χ1) is 28.8. The number of hydrogen-bond donors (Lipinski definition) is 8. The first kappa shape index (κ1) is 41.1. The van der Waals surface area contributed by atoms with Crippen LogP contribution in [-0.4, -0.2) is 116 Å². The van der Waals surface area contributed by atoms with Crippen LogP contribution in [0.15, 0.2) is 44.2 Å². The highest BCUT2D eigenvalue weighted by Crippen LogP contribution is 2.28. The Hall–Kier alpha value is -7.06. The number of H-pyrrole nitrogens is 2. The van der Waals surface area contributed by atoms with Crippen LogP contribution in [-0.2, 0) is 22.6 Å². The number of imidazole rings is 2. The third kappa shape index (κ3) is 7.88. The number of rotatable bonds is 6. The van der Waals surface area contributed by atoms with E-state index in [1.54, 1.807) is 9.13 Å². The maximum Gasteiger partial charge on any atom is 0.330 e. The van der Waals surface area contributed by atoms with Crippen molar-refractivity contribution >= 4 is 34.0 Å². The number of fused-ring (bicyclic) bond motifs is 2. The van der Waals surface area contributed by atoms with Crippen LogP contribution in [0, 0.1) is 23.7 Å². The third-order valence-corrected chi connectivity index (χ3v) is 9.70. The van der Waals surface area contributed by atoms with Crippen molar-refractivity contribution in [3.8, 4) is 23.7 Å². The van der Waals surface area contributed by atoms with Crippen LogP contribution in [0.4, 0.5) is 11.6 Å². The Bertz CT molecular complexity index is 2760. The highest BCUT2D eigenvalue weighted by molar-refractivity contribution is 5.83. The number of aliphatic hydroxyl groups excluding tert-OH is 4. The molecule has 8 rings (SSSR count). The summed E-state index contributed by atoms with van der Waals surface area (Å²) in [5.74, 6) is 12.2. The van der Waals surface area contributed by atoms with E-state index in [2.05, 4.69) is 63.6 Å². The van der Waals surface area contributed by atoms with Gasteiger partial charge in [0.1, 0.15) is 48.4 Å². The molecule has 2 aliphatic heterocycles. The molecule has 6 unspecified atom stereocenters. The minimum Gasteiger partial charge on any atom is -0.394 e. The number of aromatic nitrogens is 12. The lowest BCUT2D eigenvalue weighted by atomic mass is 10.2. The summed E-state index contributed by atoms with van der Waals surface area (Å²) in [6.45, 7) is 4.03. The van der Waals surface area contributed by atoms with E-state index >= 15 is 0 Å². The second kappa shape index (κ2) is 17.0. The Morgan fingerprint density at radius 2 is 1.08 bits per heavy atom. The second-order valence-corrected chi connectivity index (χ2v) is 13.4. The largest absolute Gasteiger partial charge is 0.394 e. The van der Waals surface area contributed by atoms with Crippen LogP contribution in [0.3, 0.4) is 0 Å². The lowest BCUT2D eigenvalue weighted by molar-refractivity contribution is -0.0459. The second-order valence-electron chi connectivity index (χ2n) is 13.4. The standard InChI is InChI=1S/2C18H19N7O5/c2*1-2-24-12(22-14-15(19)20-8-21-16(14)24)4-3-9-6-25(18(29)23-17(9)28)13-5-10(27)11(7-26)30-13/h2*6,8,10-11,13,26-27H,2,5,7H2,1H3,(H2,19,20,21)(H,23,28,29). The zero-order valence-electron chi connectivity index (χ0n) is 31.9. The van der Waals surface area contributed by atoms with Gasteiger partial charge >= 0.3 is 11.4 Å². The molecular weight excluding hydrogens is 788 g/mol. The van der Waals surface area contributed by atoms with Crippen LogP contribution in [0.25, 0.3) is 22.3 Å². The van der Waals surface area contributed by atoms with E-state index in [1.807, 2.05) is 13.8 Å². The van der Waals surface area contributed by atoms with E-state index < -0.39 is 59.4 Å². The van der Waals surface area contributed by atoms with Gasteiger partial charge in [0, 0.05) is 38.3 Å². The van der Waals surface area contributed by atoms with Crippen molar-refractivity contribution in [2.45, 2.75) is 76.7 Å². The van der Waals surface area contributed by atoms with E-state index in [0.29, 0.717) is 47.1 Å². The average molecular weight is 827 g/mol. The minimum absolute atomic E-state index is 0.00824. The SMILES string of the molecule is CCn1c(C#Cc2cn(C3CC(O)C(CO)O3)c(=O)[nH]c2=O)nc2c(N)ncnc21.CCn1c(C#Cc2cn(C3CC(O)C(CO)O3)c(=O)[nH]c2=O)nc2c(N)ncnc21. The molecule has 2 fully saturated rings. The summed E-state index contributed by atoms with van der Waals surface area (Å²) in [6, 6.07) is 0.